The average Bonchev–Trinajstić information content (AvgIpc) is 2.75. The predicted molar refractivity (Wildman–Crippen MR) is 68.2 cm³/mol. The number of hydrogen-bond acceptors (Lipinski definition) is 4. The molecule has 1 aliphatic rings. The predicted octanol–water partition coefficient (Wildman–Crippen LogP) is 3.11. The largest absolute Gasteiger partial charge is 0.483 e. The van der Waals surface area contributed by atoms with Crippen molar-refractivity contribution in [2.75, 3.05) is 0 Å². The third kappa shape index (κ3) is 2.00. The van der Waals surface area contributed by atoms with Crippen molar-refractivity contribution in [3.63, 3.8) is 0 Å². The molecule has 0 amide bonds. The van der Waals surface area contributed by atoms with E-state index in [1.54, 1.807) is 17.4 Å². The molecule has 1 aromatic carbocycles. The Labute approximate surface area is 108 Å². The highest BCUT2D eigenvalue weighted by molar-refractivity contribution is 7.09. The Morgan fingerprint density at radius 1 is 1.50 bits per heavy atom. The van der Waals surface area contributed by atoms with Gasteiger partial charge in [-0.2, -0.15) is 0 Å². The molecular weight excluding hydrogens is 251 g/mol. The summed E-state index contributed by atoms with van der Waals surface area (Å²) in [6.07, 6.45) is 0.499. The van der Waals surface area contributed by atoms with Gasteiger partial charge >= 0.3 is 0 Å². The molecule has 5 heteroatoms. The number of nitrogens with zero attached hydrogens (tertiary/aromatic N) is 1. The van der Waals surface area contributed by atoms with Crippen LogP contribution in [0.15, 0.2) is 23.6 Å². The maximum atomic E-state index is 13.2. The van der Waals surface area contributed by atoms with Crippen LogP contribution in [-0.2, 0) is 0 Å². The number of aromatic nitrogens is 1. The van der Waals surface area contributed by atoms with Crippen LogP contribution >= 0.6 is 11.3 Å². The number of aryl methyl sites for hydroxylation is 1. The zero-order valence-corrected chi connectivity index (χ0v) is 10.7. The molecule has 2 N–H and O–H groups in total. The van der Waals surface area contributed by atoms with Crippen LogP contribution in [0.3, 0.4) is 0 Å². The first-order chi connectivity index (χ1) is 8.63. The molecule has 0 fully saturated rings. The van der Waals surface area contributed by atoms with Gasteiger partial charge in [-0.25, -0.2) is 9.37 Å². The van der Waals surface area contributed by atoms with Gasteiger partial charge in [-0.1, -0.05) is 6.07 Å². The molecule has 0 saturated heterocycles. The van der Waals surface area contributed by atoms with Crippen molar-refractivity contribution in [1.82, 2.24) is 4.98 Å². The fraction of sp³-hybridized carbons (Fsp3) is 0.308. The fourth-order valence-corrected chi connectivity index (χ4v) is 2.98. The van der Waals surface area contributed by atoms with Crippen molar-refractivity contribution in [1.29, 1.82) is 0 Å². The first-order valence-corrected chi connectivity index (χ1v) is 6.65. The number of fused-ring (bicyclic) bond motifs is 1. The van der Waals surface area contributed by atoms with Crippen molar-refractivity contribution >= 4 is 11.3 Å². The van der Waals surface area contributed by atoms with E-state index in [1.807, 2.05) is 12.3 Å². The van der Waals surface area contributed by atoms with Crippen LogP contribution in [0.5, 0.6) is 5.75 Å². The van der Waals surface area contributed by atoms with Crippen LogP contribution in [0.4, 0.5) is 4.39 Å². The van der Waals surface area contributed by atoms with Gasteiger partial charge < -0.3 is 10.5 Å². The molecule has 1 aliphatic heterocycles. The summed E-state index contributed by atoms with van der Waals surface area (Å²) in [5.41, 5.74) is 7.94. The highest BCUT2D eigenvalue weighted by Crippen LogP contribution is 2.40. The molecule has 2 heterocycles. The maximum Gasteiger partial charge on any atom is 0.152 e. The van der Waals surface area contributed by atoms with Crippen molar-refractivity contribution < 1.29 is 9.13 Å². The summed E-state index contributed by atoms with van der Waals surface area (Å²) in [6, 6.07) is 4.36. The minimum absolute atomic E-state index is 0.136. The average molecular weight is 264 g/mol. The van der Waals surface area contributed by atoms with E-state index in [2.05, 4.69) is 4.98 Å². The first kappa shape index (κ1) is 11.6. The van der Waals surface area contributed by atoms with Gasteiger partial charge in [0, 0.05) is 35.2 Å². The molecule has 3 rings (SSSR count). The normalized spacial score (nSPS) is 22.4. The number of rotatable bonds is 1. The van der Waals surface area contributed by atoms with E-state index in [1.165, 1.54) is 12.1 Å². The lowest BCUT2D eigenvalue weighted by Gasteiger charge is -2.29. The smallest absolute Gasteiger partial charge is 0.152 e. The summed E-state index contributed by atoms with van der Waals surface area (Å²) in [6.45, 7) is 1.94. The highest BCUT2D eigenvalue weighted by atomic mass is 32.1. The Morgan fingerprint density at radius 2 is 2.33 bits per heavy atom. The highest BCUT2D eigenvalue weighted by Gasteiger charge is 2.29. The maximum absolute atomic E-state index is 13.2. The van der Waals surface area contributed by atoms with Crippen molar-refractivity contribution in [2.24, 2.45) is 5.73 Å². The summed E-state index contributed by atoms with van der Waals surface area (Å²) in [4.78, 5) is 4.41. The van der Waals surface area contributed by atoms with E-state index in [0.717, 1.165) is 16.3 Å². The second-order valence-electron chi connectivity index (χ2n) is 4.46. The minimum atomic E-state index is -0.308. The van der Waals surface area contributed by atoms with Crippen molar-refractivity contribution in [2.45, 2.75) is 25.5 Å². The lowest BCUT2D eigenvalue weighted by molar-refractivity contribution is 0.160. The lowest BCUT2D eigenvalue weighted by Crippen LogP contribution is -2.24. The molecule has 3 nitrogen and oxygen atoms in total. The van der Waals surface area contributed by atoms with Crippen LogP contribution < -0.4 is 10.5 Å². The van der Waals surface area contributed by atoms with Crippen molar-refractivity contribution in [3.8, 4) is 5.75 Å². The quantitative estimate of drug-likeness (QED) is 0.861. The molecule has 0 bridgehead atoms. The van der Waals surface area contributed by atoms with E-state index in [-0.39, 0.29) is 18.0 Å². The third-order valence-electron chi connectivity index (χ3n) is 3.02. The molecular formula is C13H13FN2OS. The van der Waals surface area contributed by atoms with E-state index in [4.69, 9.17) is 10.5 Å². The monoisotopic (exact) mass is 264 g/mol. The van der Waals surface area contributed by atoms with Gasteiger partial charge in [0.1, 0.15) is 16.6 Å². The second kappa shape index (κ2) is 4.33. The number of thiazole rings is 1. The van der Waals surface area contributed by atoms with Crippen LogP contribution in [0, 0.1) is 12.7 Å². The zero-order valence-electron chi connectivity index (χ0n) is 9.89. The topological polar surface area (TPSA) is 48.1 Å². The molecule has 2 atom stereocenters. The number of halogens is 1. The molecule has 2 aromatic rings. The molecule has 0 aliphatic carbocycles. The number of benzene rings is 1. The molecule has 1 aromatic heterocycles. The first-order valence-electron chi connectivity index (χ1n) is 5.77. The molecule has 0 saturated carbocycles. The Hall–Kier alpha value is -1.46. The number of hydrogen-bond donors (Lipinski definition) is 1. The Balaban J connectivity index is 1.95. The summed E-state index contributed by atoms with van der Waals surface area (Å²) in [7, 11) is 0. The van der Waals surface area contributed by atoms with Gasteiger partial charge in [0.05, 0.1) is 0 Å². The third-order valence-corrected chi connectivity index (χ3v) is 4.08. The molecule has 1 unspecified atom stereocenters. The minimum Gasteiger partial charge on any atom is -0.483 e. The van der Waals surface area contributed by atoms with Crippen molar-refractivity contribution in [3.05, 3.63) is 45.7 Å². The van der Waals surface area contributed by atoms with E-state index >= 15 is 0 Å². The summed E-state index contributed by atoms with van der Waals surface area (Å²) in [5.74, 6) is 0.225. The van der Waals surface area contributed by atoms with Gasteiger partial charge in [0.2, 0.25) is 0 Å². The molecule has 0 spiro atoms. The molecule has 0 radical (unpaired) electrons. The van der Waals surface area contributed by atoms with E-state index in [0.29, 0.717) is 12.2 Å². The van der Waals surface area contributed by atoms with Crippen LogP contribution in [0.2, 0.25) is 0 Å². The molecule has 94 valence electrons. The second-order valence-corrected chi connectivity index (χ2v) is 5.35. The standard InChI is InChI=1S/C13H13FN2OS/c1-7-6-18-13(16-7)12-5-10(15)9-3-2-8(14)4-11(9)17-12/h2-4,6,10,12H,5,15H2,1H3/t10-,12?/m0/s1. The molecule has 18 heavy (non-hydrogen) atoms. The fourth-order valence-electron chi connectivity index (χ4n) is 2.15. The number of ether oxygens (including phenoxy) is 1. The summed E-state index contributed by atoms with van der Waals surface area (Å²) < 4.78 is 19.0. The Kier molecular flexibility index (Phi) is 2.80. The van der Waals surface area contributed by atoms with Crippen LogP contribution in [0.25, 0.3) is 0 Å². The van der Waals surface area contributed by atoms with Gasteiger partial charge in [-0.15, -0.1) is 11.3 Å². The number of nitrogens with two attached hydrogens (primary N) is 1. The van der Waals surface area contributed by atoms with Gasteiger partial charge in [-0.3, -0.25) is 0 Å². The van der Waals surface area contributed by atoms with Crippen LogP contribution in [-0.4, -0.2) is 4.98 Å². The Bertz CT molecular complexity index is 584. The SMILES string of the molecule is Cc1csc(C2C[C@H](N)c3ccc(F)cc3O2)n1. The summed E-state index contributed by atoms with van der Waals surface area (Å²) in [5, 5.41) is 2.88. The van der Waals surface area contributed by atoms with Crippen LogP contribution in [0.1, 0.15) is 34.8 Å². The van der Waals surface area contributed by atoms with Gasteiger partial charge in [0.15, 0.2) is 6.10 Å². The Morgan fingerprint density at radius 3 is 3.06 bits per heavy atom. The van der Waals surface area contributed by atoms with E-state index in [9.17, 15) is 4.39 Å². The zero-order chi connectivity index (χ0) is 12.7. The summed E-state index contributed by atoms with van der Waals surface area (Å²) >= 11 is 1.55. The lowest BCUT2D eigenvalue weighted by atomic mass is 9.97. The van der Waals surface area contributed by atoms with E-state index < -0.39 is 0 Å². The van der Waals surface area contributed by atoms with Gasteiger partial charge in [-0.05, 0) is 13.0 Å². The van der Waals surface area contributed by atoms with Gasteiger partial charge in [0.25, 0.3) is 0 Å².